The Labute approximate surface area is 126 Å². The van der Waals surface area contributed by atoms with Crippen LogP contribution in [0.4, 0.5) is 0 Å². The molecule has 0 aliphatic heterocycles. The van der Waals surface area contributed by atoms with Gasteiger partial charge in [-0.3, -0.25) is 9.59 Å². The van der Waals surface area contributed by atoms with Crippen LogP contribution in [0, 0.1) is 5.92 Å². The third-order valence-electron chi connectivity index (χ3n) is 2.99. The lowest BCUT2D eigenvalue weighted by Crippen LogP contribution is -2.40. The van der Waals surface area contributed by atoms with E-state index in [1.807, 2.05) is 0 Å². The van der Waals surface area contributed by atoms with E-state index in [4.69, 9.17) is 33.0 Å². The van der Waals surface area contributed by atoms with Gasteiger partial charge in [-0.05, 0) is 19.9 Å². The first-order valence-corrected chi connectivity index (χ1v) is 6.60. The minimum Gasteiger partial charge on any atom is -0.496 e. The van der Waals surface area contributed by atoms with Crippen molar-refractivity contribution in [1.82, 2.24) is 5.32 Å². The molecule has 7 heteroatoms. The second-order valence-electron chi connectivity index (χ2n) is 4.36. The lowest BCUT2D eigenvalue weighted by molar-refractivity contribution is -0.141. The molecule has 0 heterocycles. The molecule has 1 amide bonds. The fourth-order valence-corrected chi connectivity index (χ4v) is 1.82. The quantitative estimate of drug-likeness (QED) is 0.875. The largest absolute Gasteiger partial charge is 0.496 e. The van der Waals surface area contributed by atoms with Gasteiger partial charge in [0.15, 0.2) is 0 Å². The van der Waals surface area contributed by atoms with Gasteiger partial charge in [0, 0.05) is 12.1 Å². The van der Waals surface area contributed by atoms with Crippen molar-refractivity contribution < 1.29 is 19.4 Å². The van der Waals surface area contributed by atoms with Crippen molar-refractivity contribution in [2.45, 2.75) is 19.9 Å². The fraction of sp³-hybridized carbons (Fsp3) is 0.385. The summed E-state index contributed by atoms with van der Waals surface area (Å²) in [4.78, 5) is 23.0. The Hall–Kier alpha value is -1.46. The molecule has 1 rings (SSSR count). The number of ether oxygens (including phenoxy) is 1. The van der Waals surface area contributed by atoms with Gasteiger partial charge < -0.3 is 15.2 Å². The van der Waals surface area contributed by atoms with Gasteiger partial charge in [0.1, 0.15) is 5.75 Å². The van der Waals surface area contributed by atoms with E-state index in [2.05, 4.69) is 5.32 Å². The molecule has 0 aliphatic rings. The maximum Gasteiger partial charge on any atom is 0.308 e. The molecule has 1 aromatic carbocycles. The summed E-state index contributed by atoms with van der Waals surface area (Å²) in [6.45, 7) is 3.13. The normalized spacial score (nSPS) is 13.4. The van der Waals surface area contributed by atoms with Gasteiger partial charge in [-0.2, -0.15) is 0 Å². The van der Waals surface area contributed by atoms with E-state index in [0.29, 0.717) is 0 Å². The Balaban J connectivity index is 2.98. The minimum absolute atomic E-state index is 0.200. The van der Waals surface area contributed by atoms with Gasteiger partial charge in [0.2, 0.25) is 0 Å². The molecule has 0 saturated carbocycles. The van der Waals surface area contributed by atoms with Crippen molar-refractivity contribution in [2.75, 3.05) is 7.11 Å². The Kier molecular flexibility index (Phi) is 5.65. The number of benzene rings is 1. The van der Waals surface area contributed by atoms with E-state index >= 15 is 0 Å². The average molecular weight is 320 g/mol. The van der Waals surface area contributed by atoms with Crippen molar-refractivity contribution in [3.05, 3.63) is 27.7 Å². The van der Waals surface area contributed by atoms with Crippen LogP contribution in [0.3, 0.4) is 0 Å². The predicted molar refractivity (Wildman–Crippen MR) is 76.7 cm³/mol. The molecule has 0 fully saturated rings. The highest BCUT2D eigenvalue weighted by Crippen LogP contribution is 2.30. The van der Waals surface area contributed by atoms with Crippen LogP contribution in [0.2, 0.25) is 10.0 Å². The Morgan fingerprint density at radius 1 is 1.25 bits per heavy atom. The standard InChI is InChI=1S/C13H15Cl2NO4/c1-6(13(18)19)7(2)16-12(17)8-4-9(14)10(15)5-11(8)20-3/h4-7H,1-3H3,(H,16,17)(H,18,19). The number of carbonyl (C=O) groups excluding carboxylic acids is 1. The van der Waals surface area contributed by atoms with E-state index in [1.54, 1.807) is 6.92 Å². The number of aliphatic carboxylic acids is 1. The lowest BCUT2D eigenvalue weighted by Gasteiger charge is -2.18. The summed E-state index contributed by atoms with van der Waals surface area (Å²) in [6.07, 6.45) is 0. The van der Waals surface area contributed by atoms with Crippen molar-refractivity contribution in [1.29, 1.82) is 0 Å². The molecule has 2 N–H and O–H groups in total. The predicted octanol–water partition coefficient (Wildman–Crippen LogP) is 2.84. The molecule has 20 heavy (non-hydrogen) atoms. The van der Waals surface area contributed by atoms with Gasteiger partial charge in [-0.1, -0.05) is 23.2 Å². The van der Waals surface area contributed by atoms with Crippen LogP contribution in [0.25, 0.3) is 0 Å². The zero-order chi connectivity index (χ0) is 15.4. The number of halogens is 2. The monoisotopic (exact) mass is 319 g/mol. The van der Waals surface area contributed by atoms with Crippen molar-refractivity contribution in [3.63, 3.8) is 0 Å². The Morgan fingerprint density at radius 3 is 2.30 bits per heavy atom. The summed E-state index contributed by atoms with van der Waals surface area (Å²) >= 11 is 11.7. The van der Waals surface area contributed by atoms with Crippen LogP contribution in [-0.2, 0) is 4.79 Å². The van der Waals surface area contributed by atoms with Crippen LogP contribution in [-0.4, -0.2) is 30.1 Å². The average Bonchev–Trinajstić information content (AvgIpc) is 2.39. The highest BCUT2D eigenvalue weighted by Gasteiger charge is 2.23. The van der Waals surface area contributed by atoms with Crippen LogP contribution < -0.4 is 10.1 Å². The number of carbonyl (C=O) groups is 2. The molecule has 2 unspecified atom stereocenters. The number of methoxy groups -OCH3 is 1. The molecular formula is C13H15Cl2NO4. The zero-order valence-electron chi connectivity index (χ0n) is 11.2. The first kappa shape index (κ1) is 16.6. The molecule has 0 aromatic heterocycles. The minimum atomic E-state index is -0.987. The number of carboxylic acid groups (broad SMARTS) is 1. The number of nitrogens with one attached hydrogen (secondary N) is 1. The van der Waals surface area contributed by atoms with E-state index in [1.165, 1.54) is 26.2 Å². The fourth-order valence-electron chi connectivity index (χ4n) is 1.50. The van der Waals surface area contributed by atoms with Crippen molar-refractivity contribution in [2.24, 2.45) is 5.92 Å². The summed E-state index contributed by atoms with van der Waals surface area (Å²) in [5, 5.41) is 12.0. The van der Waals surface area contributed by atoms with Gasteiger partial charge in [0.05, 0.1) is 28.6 Å². The summed E-state index contributed by atoms with van der Waals surface area (Å²) in [7, 11) is 1.40. The number of hydrogen-bond acceptors (Lipinski definition) is 3. The molecule has 2 atom stereocenters. The third kappa shape index (κ3) is 3.77. The molecule has 0 aliphatic carbocycles. The molecule has 5 nitrogen and oxygen atoms in total. The van der Waals surface area contributed by atoms with E-state index < -0.39 is 23.8 Å². The summed E-state index contributed by atoms with van der Waals surface area (Å²) in [5.41, 5.74) is 0.200. The maximum atomic E-state index is 12.1. The number of hydrogen-bond donors (Lipinski definition) is 2. The first-order valence-electron chi connectivity index (χ1n) is 5.84. The van der Waals surface area contributed by atoms with Crippen LogP contribution in [0.5, 0.6) is 5.75 Å². The summed E-state index contributed by atoms with van der Waals surface area (Å²) in [6, 6.07) is 2.28. The SMILES string of the molecule is COc1cc(Cl)c(Cl)cc1C(=O)NC(C)C(C)C(=O)O. The van der Waals surface area contributed by atoms with Crippen molar-refractivity contribution >= 4 is 35.1 Å². The van der Waals surface area contributed by atoms with E-state index in [-0.39, 0.29) is 21.4 Å². The van der Waals surface area contributed by atoms with Gasteiger partial charge in [0.25, 0.3) is 5.91 Å². The molecule has 0 spiro atoms. The van der Waals surface area contributed by atoms with Crippen molar-refractivity contribution in [3.8, 4) is 5.75 Å². The molecule has 0 saturated heterocycles. The van der Waals surface area contributed by atoms with Crippen LogP contribution in [0.15, 0.2) is 12.1 Å². The van der Waals surface area contributed by atoms with Gasteiger partial charge >= 0.3 is 5.97 Å². The molecule has 110 valence electrons. The van der Waals surface area contributed by atoms with Crippen LogP contribution in [0.1, 0.15) is 24.2 Å². The molecule has 0 bridgehead atoms. The summed E-state index contributed by atoms with van der Waals surface area (Å²) < 4.78 is 5.07. The third-order valence-corrected chi connectivity index (χ3v) is 3.71. The van der Waals surface area contributed by atoms with Gasteiger partial charge in [-0.15, -0.1) is 0 Å². The zero-order valence-corrected chi connectivity index (χ0v) is 12.7. The van der Waals surface area contributed by atoms with Crippen LogP contribution >= 0.6 is 23.2 Å². The number of amides is 1. The maximum absolute atomic E-state index is 12.1. The number of carboxylic acids is 1. The van der Waals surface area contributed by atoms with Gasteiger partial charge in [-0.25, -0.2) is 0 Å². The number of rotatable bonds is 5. The highest BCUT2D eigenvalue weighted by molar-refractivity contribution is 6.42. The smallest absolute Gasteiger partial charge is 0.308 e. The molecule has 1 aromatic rings. The Bertz CT molecular complexity index is 533. The first-order chi connectivity index (χ1) is 9.27. The second-order valence-corrected chi connectivity index (χ2v) is 5.17. The topological polar surface area (TPSA) is 75.6 Å². The molecule has 0 radical (unpaired) electrons. The van der Waals surface area contributed by atoms with E-state index in [0.717, 1.165) is 0 Å². The second kappa shape index (κ2) is 6.81. The van der Waals surface area contributed by atoms with E-state index in [9.17, 15) is 9.59 Å². The lowest BCUT2D eigenvalue weighted by atomic mass is 10.0. The highest BCUT2D eigenvalue weighted by atomic mass is 35.5. The Morgan fingerprint density at radius 2 is 1.80 bits per heavy atom. The summed E-state index contributed by atoms with van der Waals surface area (Å²) in [5.74, 6) is -1.90. The molecular weight excluding hydrogens is 305 g/mol.